The van der Waals surface area contributed by atoms with E-state index in [1.807, 2.05) is 49.1 Å². The minimum atomic E-state index is 0.899. The maximum Gasteiger partial charge on any atom is 0.160 e. The Kier molecular flexibility index (Phi) is 2.07. The van der Waals surface area contributed by atoms with Crippen LogP contribution in [0, 0.1) is 0 Å². The largest absolute Gasteiger partial charge is 0.454 e. The quantitative estimate of drug-likeness (QED) is 0.373. The molecule has 0 aliphatic carbocycles. The van der Waals surface area contributed by atoms with Crippen molar-refractivity contribution >= 4 is 49.3 Å². The number of fused-ring (bicyclic) bond motifs is 10. The summed E-state index contributed by atoms with van der Waals surface area (Å²) in [5.41, 5.74) is 3.76. The third kappa shape index (κ3) is 1.34. The van der Waals surface area contributed by atoms with Gasteiger partial charge in [0.25, 0.3) is 0 Å². The predicted octanol–water partition coefficient (Wildman–Crippen LogP) is 4.94. The molecule has 0 spiro atoms. The van der Waals surface area contributed by atoms with Crippen LogP contribution in [0.2, 0.25) is 0 Å². The van der Waals surface area contributed by atoms with E-state index in [9.17, 15) is 0 Å². The average Bonchev–Trinajstić information content (AvgIpc) is 3.26. The van der Waals surface area contributed by atoms with E-state index in [2.05, 4.69) is 32.6 Å². The molecule has 6 aromatic rings. The van der Waals surface area contributed by atoms with Gasteiger partial charge < -0.3 is 4.42 Å². The highest BCUT2D eigenvalue weighted by molar-refractivity contribution is 6.21. The molecular formula is C20H11N3O. The number of benzene rings is 2. The monoisotopic (exact) mass is 309 g/mol. The third-order valence-electron chi connectivity index (χ3n) is 4.75. The highest BCUT2D eigenvalue weighted by Gasteiger charge is 2.15. The molecule has 0 fully saturated rings. The van der Waals surface area contributed by atoms with Gasteiger partial charge in [-0.15, -0.1) is 0 Å². The molecule has 0 unspecified atom stereocenters. The molecule has 112 valence electrons. The molecule has 24 heavy (non-hydrogen) atoms. The summed E-state index contributed by atoms with van der Waals surface area (Å²) < 4.78 is 8.33. The van der Waals surface area contributed by atoms with Crippen molar-refractivity contribution in [1.82, 2.24) is 14.4 Å². The molecule has 0 N–H and O–H groups in total. The summed E-state index contributed by atoms with van der Waals surface area (Å²) in [5.74, 6) is 0. The van der Waals surface area contributed by atoms with E-state index < -0.39 is 0 Å². The zero-order valence-electron chi connectivity index (χ0n) is 12.6. The molecule has 0 amide bonds. The van der Waals surface area contributed by atoms with E-state index in [-0.39, 0.29) is 0 Å². The molecule has 0 bridgehead atoms. The first-order valence-corrected chi connectivity index (χ1v) is 7.84. The van der Waals surface area contributed by atoms with Gasteiger partial charge in [-0.25, -0.2) is 4.98 Å². The zero-order chi connectivity index (χ0) is 15.7. The summed E-state index contributed by atoms with van der Waals surface area (Å²) >= 11 is 0. The number of rotatable bonds is 0. The van der Waals surface area contributed by atoms with E-state index in [1.54, 1.807) is 0 Å². The average molecular weight is 309 g/mol. The van der Waals surface area contributed by atoms with Crippen LogP contribution in [-0.2, 0) is 0 Å². The Morgan fingerprint density at radius 2 is 1.71 bits per heavy atom. The van der Waals surface area contributed by atoms with Gasteiger partial charge in [0.15, 0.2) is 5.58 Å². The lowest BCUT2D eigenvalue weighted by Gasteiger charge is -2.08. The lowest BCUT2D eigenvalue weighted by molar-refractivity contribution is 0.671. The van der Waals surface area contributed by atoms with Gasteiger partial charge >= 0.3 is 0 Å². The second-order valence-electron chi connectivity index (χ2n) is 5.98. The number of para-hydroxylation sites is 1. The van der Waals surface area contributed by atoms with Gasteiger partial charge in [0.2, 0.25) is 0 Å². The van der Waals surface area contributed by atoms with Crippen LogP contribution in [0.5, 0.6) is 0 Å². The Morgan fingerprint density at radius 3 is 2.71 bits per heavy atom. The number of imidazole rings is 1. The van der Waals surface area contributed by atoms with Crippen LogP contribution in [-0.4, -0.2) is 14.4 Å². The fraction of sp³-hybridized carbons (Fsp3) is 0. The van der Waals surface area contributed by atoms with E-state index >= 15 is 0 Å². The number of hydrogen-bond donors (Lipinski definition) is 0. The molecule has 6 rings (SSSR count). The highest BCUT2D eigenvalue weighted by atomic mass is 16.3. The first-order chi connectivity index (χ1) is 11.9. The summed E-state index contributed by atoms with van der Waals surface area (Å²) in [4.78, 5) is 8.81. The molecule has 0 saturated heterocycles. The van der Waals surface area contributed by atoms with Crippen molar-refractivity contribution in [3.63, 3.8) is 0 Å². The van der Waals surface area contributed by atoms with Crippen LogP contribution in [0.25, 0.3) is 49.3 Å². The predicted molar refractivity (Wildman–Crippen MR) is 95.3 cm³/mol. The Morgan fingerprint density at radius 1 is 0.792 bits per heavy atom. The first kappa shape index (κ1) is 12.1. The van der Waals surface area contributed by atoms with Crippen molar-refractivity contribution in [2.24, 2.45) is 0 Å². The molecule has 0 atom stereocenters. The number of hydrogen-bond acceptors (Lipinski definition) is 3. The van der Waals surface area contributed by atoms with Crippen LogP contribution in [0.1, 0.15) is 0 Å². The fourth-order valence-corrected chi connectivity index (χ4v) is 3.72. The lowest BCUT2D eigenvalue weighted by atomic mass is 10.0. The second-order valence-corrected chi connectivity index (χ2v) is 5.98. The standard InChI is InChI=1S/C20H11N3O/c1-2-4-17-13(3-1)15-6-5-14-12-7-8-21-11-16(12)20-22-9-10-23(20)18(14)19(15)24-17/h1-11H. The van der Waals surface area contributed by atoms with Crippen LogP contribution in [0.4, 0.5) is 0 Å². The number of aromatic nitrogens is 3. The Labute approximate surface area is 136 Å². The maximum absolute atomic E-state index is 6.23. The van der Waals surface area contributed by atoms with E-state index in [4.69, 9.17) is 4.42 Å². The van der Waals surface area contributed by atoms with Crippen LogP contribution in [0.15, 0.2) is 71.7 Å². The summed E-state index contributed by atoms with van der Waals surface area (Å²) in [6.07, 6.45) is 7.50. The fourth-order valence-electron chi connectivity index (χ4n) is 3.72. The van der Waals surface area contributed by atoms with Gasteiger partial charge in [-0.1, -0.05) is 24.3 Å². The van der Waals surface area contributed by atoms with Gasteiger partial charge in [0.05, 0.1) is 5.52 Å². The van der Waals surface area contributed by atoms with Crippen molar-refractivity contribution in [2.75, 3.05) is 0 Å². The molecule has 4 heterocycles. The topological polar surface area (TPSA) is 43.3 Å². The summed E-state index contributed by atoms with van der Waals surface area (Å²) in [6, 6.07) is 14.5. The number of nitrogens with zero attached hydrogens (tertiary/aromatic N) is 3. The molecule has 2 aromatic carbocycles. The van der Waals surface area contributed by atoms with Gasteiger partial charge in [-0.3, -0.25) is 9.38 Å². The van der Waals surface area contributed by atoms with Gasteiger partial charge in [0.1, 0.15) is 11.2 Å². The number of furan rings is 1. The van der Waals surface area contributed by atoms with Crippen molar-refractivity contribution in [3.05, 3.63) is 67.3 Å². The van der Waals surface area contributed by atoms with Gasteiger partial charge in [-0.05, 0) is 23.6 Å². The second kappa shape index (κ2) is 4.11. The van der Waals surface area contributed by atoms with Crippen molar-refractivity contribution in [3.8, 4) is 0 Å². The summed E-state index contributed by atoms with van der Waals surface area (Å²) in [7, 11) is 0. The molecular weight excluding hydrogens is 298 g/mol. The number of pyridine rings is 2. The molecule has 4 nitrogen and oxygen atoms in total. The zero-order valence-corrected chi connectivity index (χ0v) is 12.6. The smallest absolute Gasteiger partial charge is 0.160 e. The first-order valence-electron chi connectivity index (χ1n) is 7.84. The minimum Gasteiger partial charge on any atom is -0.454 e. The van der Waals surface area contributed by atoms with E-state index in [0.29, 0.717) is 0 Å². The minimum absolute atomic E-state index is 0.899. The van der Waals surface area contributed by atoms with E-state index in [1.165, 1.54) is 0 Å². The van der Waals surface area contributed by atoms with Crippen molar-refractivity contribution < 1.29 is 4.42 Å². The molecule has 0 aliphatic heterocycles. The van der Waals surface area contributed by atoms with Crippen molar-refractivity contribution in [1.29, 1.82) is 0 Å². The van der Waals surface area contributed by atoms with Crippen LogP contribution in [0.3, 0.4) is 0 Å². The molecule has 0 saturated carbocycles. The van der Waals surface area contributed by atoms with Gasteiger partial charge in [-0.2, -0.15) is 0 Å². The molecule has 4 heteroatoms. The van der Waals surface area contributed by atoms with Crippen molar-refractivity contribution in [2.45, 2.75) is 0 Å². The maximum atomic E-state index is 6.23. The Balaban J connectivity index is 2.02. The SMILES string of the molecule is c1ccc2c(c1)oc1c2ccc2c3ccncc3c3nccn3c21. The van der Waals surface area contributed by atoms with E-state index in [0.717, 1.165) is 49.3 Å². The van der Waals surface area contributed by atoms with Gasteiger partial charge in [0, 0.05) is 46.3 Å². The summed E-state index contributed by atoms with van der Waals surface area (Å²) in [5, 5.41) is 5.59. The Hall–Kier alpha value is -3.40. The molecule has 0 aliphatic rings. The molecule has 0 radical (unpaired) electrons. The lowest BCUT2D eigenvalue weighted by Crippen LogP contribution is -1.91. The highest BCUT2D eigenvalue weighted by Crippen LogP contribution is 2.37. The Bertz CT molecular complexity index is 1410. The molecule has 4 aromatic heterocycles. The summed E-state index contributed by atoms with van der Waals surface area (Å²) in [6.45, 7) is 0. The van der Waals surface area contributed by atoms with Crippen LogP contribution >= 0.6 is 0 Å². The van der Waals surface area contributed by atoms with Crippen LogP contribution < -0.4 is 0 Å². The normalized spacial score (nSPS) is 12.2. The third-order valence-corrected chi connectivity index (χ3v) is 4.75.